The molecule has 4 nitrogen and oxygen atoms in total. The summed E-state index contributed by atoms with van der Waals surface area (Å²) in [6.45, 7) is 3.66. The average Bonchev–Trinajstić information content (AvgIpc) is 2.57. The molecule has 3 rings (SSSR count). The minimum absolute atomic E-state index is 0.595. The molecule has 0 radical (unpaired) electrons. The van der Waals surface area contributed by atoms with Crippen LogP contribution < -0.4 is 0 Å². The average molecular weight is 296 g/mol. The van der Waals surface area contributed by atoms with Gasteiger partial charge in [-0.1, -0.05) is 54.6 Å². The van der Waals surface area contributed by atoms with Crippen molar-refractivity contribution >= 4 is 6.09 Å². The van der Waals surface area contributed by atoms with Crippen molar-refractivity contribution in [1.29, 1.82) is 0 Å². The van der Waals surface area contributed by atoms with E-state index in [1.165, 1.54) is 21.6 Å². The fourth-order valence-corrected chi connectivity index (χ4v) is 2.79. The summed E-state index contributed by atoms with van der Waals surface area (Å²) in [6, 6.07) is 19.0. The third-order valence-electron chi connectivity index (χ3n) is 4.11. The monoisotopic (exact) mass is 296 g/mol. The third-order valence-corrected chi connectivity index (χ3v) is 4.11. The predicted molar refractivity (Wildman–Crippen MR) is 86.8 cm³/mol. The van der Waals surface area contributed by atoms with E-state index in [0.29, 0.717) is 13.1 Å². The first-order valence-electron chi connectivity index (χ1n) is 7.57. The van der Waals surface area contributed by atoms with Crippen molar-refractivity contribution in [2.75, 3.05) is 26.2 Å². The van der Waals surface area contributed by atoms with Crippen LogP contribution in [0.2, 0.25) is 0 Å². The summed E-state index contributed by atoms with van der Waals surface area (Å²) >= 11 is 0. The summed E-state index contributed by atoms with van der Waals surface area (Å²) in [7, 11) is 0. The van der Waals surface area contributed by atoms with Crippen LogP contribution in [0.1, 0.15) is 5.56 Å². The van der Waals surface area contributed by atoms with Gasteiger partial charge in [-0.3, -0.25) is 4.90 Å². The third kappa shape index (κ3) is 3.46. The molecule has 114 valence electrons. The molecule has 0 aromatic heterocycles. The van der Waals surface area contributed by atoms with E-state index in [9.17, 15) is 4.79 Å². The zero-order chi connectivity index (χ0) is 15.4. The van der Waals surface area contributed by atoms with E-state index in [0.717, 1.165) is 19.6 Å². The first-order chi connectivity index (χ1) is 10.7. The molecule has 0 spiro atoms. The van der Waals surface area contributed by atoms with Gasteiger partial charge in [-0.25, -0.2) is 4.79 Å². The van der Waals surface area contributed by atoms with Crippen LogP contribution in [0.3, 0.4) is 0 Å². The fourth-order valence-electron chi connectivity index (χ4n) is 2.79. The van der Waals surface area contributed by atoms with Crippen LogP contribution in [0.15, 0.2) is 54.6 Å². The summed E-state index contributed by atoms with van der Waals surface area (Å²) in [6.07, 6.45) is -0.813. The molecule has 1 amide bonds. The molecule has 1 aliphatic heterocycles. The van der Waals surface area contributed by atoms with Gasteiger partial charge < -0.3 is 10.0 Å². The molecule has 0 unspecified atom stereocenters. The number of hydrogen-bond donors (Lipinski definition) is 1. The van der Waals surface area contributed by atoms with Crippen LogP contribution >= 0.6 is 0 Å². The van der Waals surface area contributed by atoms with Gasteiger partial charge in [0.15, 0.2) is 0 Å². The van der Waals surface area contributed by atoms with Crippen LogP contribution in [-0.2, 0) is 6.54 Å². The molecule has 1 heterocycles. The molecule has 0 aliphatic carbocycles. The van der Waals surface area contributed by atoms with Crippen LogP contribution in [0.4, 0.5) is 4.79 Å². The Balaban J connectivity index is 1.59. The number of carboxylic acid groups (broad SMARTS) is 1. The Bertz CT molecular complexity index is 617. The van der Waals surface area contributed by atoms with Crippen molar-refractivity contribution in [3.8, 4) is 11.1 Å². The first kappa shape index (κ1) is 14.6. The predicted octanol–water partition coefficient (Wildman–Crippen LogP) is 3.15. The van der Waals surface area contributed by atoms with Gasteiger partial charge >= 0.3 is 6.09 Å². The Labute approximate surface area is 130 Å². The highest BCUT2D eigenvalue weighted by atomic mass is 16.4. The zero-order valence-electron chi connectivity index (χ0n) is 12.5. The molecule has 22 heavy (non-hydrogen) atoms. The first-order valence-corrected chi connectivity index (χ1v) is 7.57. The normalized spacial score (nSPS) is 15.7. The van der Waals surface area contributed by atoms with E-state index >= 15 is 0 Å². The van der Waals surface area contributed by atoms with Crippen molar-refractivity contribution in [2.24, 2.45) is 0 Å². The Morgan fingerprint density at radius 1 is 0.864 bits per heavy atom. The van der Waals surface area contributed by atoms with Gasteiger partial charge in [0.1, 0.15) is 0 Å². The van der Waals surface area contributed by atoms with E-state index in [2.05, 4.69) is 41.3 Å². The second-order valence-electron chi connectivity index (χ2n) is 5.61. The smallest absolute Gasteiger partial charge is 0.407 e. The molecule has 0 saturated carbocycles. The summed E-state index contributed by atoms with van der Waals surface area (Å²) < 4.78 is 0. The van der Waals surface area contributed by atoms with E-state index < -0.39 is 6.09 Å². The van der Waals surface area contributed by atoms with Crippen molar-refractivity contribution in [3.63, 3.8) is 0 Å². The molecule has 1 N–H and O–H groups in total. The van der Waals surface area contributed by atoms with Crippen molar-refractivity contribution in [3.05, 3.63) is 60.2 Å². The van der Waals surface area contributed by atoms with Crippen LogP contribution in [0, 0.1) is 0 Å². The lowest BCUT2D eigenvalue weighted by Gasteiger charge is -2.33. The maximum atomic E-state index is 10.9. The molecule has 1 saturated heterocycles. The molecule has 1 fully saturated rings. The molecule has 0 bridgehead atoms. The second kappa shape index (κ2) is 6.62. The molecule has 2 aromatic carbocycles. The van der Waals surface area contributed by atoms with Crippen molar-refractivity contribution in [1.82, 2.24) is 9.80 Å². The molecule has 4 heteroatoms. The number of carbonyl (C=O) groups is 1. The van der Waals surface area contributed by atoms with Crippen LogP contribution in [0.5, 0.6) is 0 Å². The molecular formula is C18H20N2O2. The Morgan fingerprint density at radius 2 is 1.45 bits per heavy atom. The minimum Gasteiger partial charge on any atom is -0.465 e. The van der Waals surface area contributed by atoms with Gasteiger partial charge in [0.2, 0.25) is 0 Å². The zero-order valence-corrected chi connectivity index (χ0v) is 12.5. The van der Waals surface area contributed by atoms with Gasteiger partial charge in [0.05, 0.1) is 0 Å². The minimum atomic E-state index is -0.813. The molecule has 2 aromatic rings. The maximum absolute atomic E-state index is 10.9. The van der Waals surface area contributed by atoms with E-state index in [4.69, 9.17) is 5.11 Å². The van der Waals surface area contributed by atoms with Crippen LogP contribution in [0.25, 0.3) is 11.1 Å². The summed E-state index contributed by atoms with van der Waals surface area (Å²) in [5.74, 6) is 0. The maximum Gasteiger partial charge on any atom is 0.407 e. The summed E-state index contributed by atoms with van der Waals surface area (Å²) in [4.78, 5) is 14.7. The Hall–Kier alpha value is -2.33. The number of benzene rings is 2. The quantitative estimate of drug-likeness (QED) is 0.946. The number of rotatable bonds is 3. The largest absolute Gasteiger partial charge is 0.465 e. The highest BCUT2D eigenvalue weighted by Crippen LogP contribution is 2.20. The molecular weight excluding hydrogens is 276 g/mol. The number of amides is 1. The topological polar surface area (TPSA) is 43.8 Å². The Morgan fingerprint density at radius 3 is 2.05 bits per heavy atom. The van der Waals surface area contributed by atoms with E-state index in [1.54, 1.807) is 0 Å². The van der Waals surface area contributed by atoms with Crippen LogP contribution in [-0.4, -0.2) is 47.2 Å². The van der Waals surface area contributed by atoms with Gasteiger partial charge in [-0.2, -0.15) is 0 Å². The number of nitrogens with zero attached hydrogens (tertiary/aromatic N) is 2. The van der Waals surface area contributed by atoms with E-state index in [1.807, 2.05) is 18.2 Å². The lowest BCUT2D eigenvalue weighted by atomic mass is 10.0. The highest BCUT2D eigenvalue weighted by molar-refractivity contribution is 5.65. The molecule has 0 atom stereocenters. The Kier molecular flexibility index (Phi) is 4.39. The van der Waals surface area contributed by atoms with Crippen molar-refractivity contribution in [2.45, 2.75) is 6.54 Å². The fraction of sp³-hybridized carbons (Fsp3) is 0.278. The lowest BCUT2D eigenvalue weighted by Crippen LogP contribution is -2.47. The lowest BCUT2D eigenvalue weighted by molar-refractivity contribution is 0.103. The van der Waals surface area contributed by atoms with Gasteiger partial charge in [-0.05, 0) is 16.7 Å². The van der Waals surface area contributed by atoms with Gasteiger partial charge in [-0.15, -0.1) is 0 Å². The van der Waals surface area contributed by atoms with Crippen molar-refractivity contribution < 1.29 is 9.90 Å². The number of piperazine rings is 1. The standard InChI is InChI=1S/C18H20N2O2/c21-18(22)20-12-10-19(11-13-20)14-15-6-8-17(9-7-15)16-4-2-1-3-5-16/h1-9H,10-14H2,(H,21,22). The summed E-state index contributed by atoms with van der Waals surface area (Å²) in [5, 5.41) is 8.96. The molecule has 1 aliphatic rings. The van der Waals surface area contributed by atoms with E-state index in [-0.39, 0.29) is 0 Å². The highest BCUT2D eigenvalue weighted by Gasteiger charge is 2.20. The summed E-state index contributed by atoms with van der Waals surface area (Å²) in [5.41, 5.74) is 3.72. The second-order valence-corrected chi connectivity index (χ2v) is 5.61. The SMILES string of the molecule is O=C(O)N1CCN(Cc2ccc(-c3ccccc3)cc2)CC1. The van der Waals surface area contributed by atoms with Gasteiger partial charge in [0, 0.05) is 32.7 Å². The van der Waals surface area contributed by atoms with Gasteiger partial charge in [0.25, 0.3) is 0 Å². The number of hydrogen-bond acceptors (Lipinski definition) is 2.